The standard InChI is InChI=1S/C39H26Cl2F6N2O7/c1-4-5-19(30-16(3)49(28-13-25(44)35(52)33(46)32(28)30)38(54)18-7-9-22(41)24(43)11-18)39(55)56-36-26(45)14-27-31(34(36)47)20(12-29(50)51)15(2)48(27)37(53)17-6-8-21(40)23(42)10-17/h6-11,13-14,19,52H,4-5,12H2,1-3H3,(H,50,51). The van der Waals surface area contributed by atoms with Gasteiger partial charge in [-0.1, -0.05) is 36.5 Å². The third-order valence-electron chi connectivity index (χ3n) is 9.36. The first-order valence-corrected chi connectivity index (χ1v) is 17.3. The molecule has 1 unspecified atom stereocenters. The van der Waals surface area contributed by atoms with Crippen LogP contribution in [0.15, 0.2) is 48.5 Å². The van der Waals surface area contributed by atoms with Crippen molar-refractivity contribution in [1.82, 2.24) is 9.13 Å². The van der Waals surface area contributed by atoms with Gasteiger partial charge in [0.25, 0.3) is 11.8 Å². The monoisotopic (exact) mass is 818 g/mol. The van der Waals surface area contributed by atoms with E-state index in [2.05, 4.69) is 0 Å². The van der Waals surface area contributed by atoms with Gasteiger partial charge in [-0.2, -0.15) is 0 Å². The molecule has 0 aliphatic rings. The van der Waals surface area contributed by atoms with Gasteiger partial charge in [-0.05, 0) is 67.8 Å². The number of aromatic hydroxyl groups is 1. The smallest absolute Gasteiger partial charge is 0.319 e. The highest BCUT2D eigenvalue weighted by Crippen LogP contribution is 2.42. The molecular weight excluding hydrogens is 793 g/mol. The zero-order valence-corrected chi connectivity index (χ0v) is 30.7. The number of fused-ring (bicyclic) bond motifs is 2. The first-order valence-electron chi connectivity index (χ1n) is 16.6. The van der Waals surface area contributed by atoms with Gasteiger partial charge in [0.1, 0.15) is 11.6 Å². The molecular formula is C39H26Cl2F6N2O7. The Morgan fingerprint density at radius 2 is 1.25 bits per heavy atom. The number of ether oxygens (including phenoxy) is 1. The summed E-state index contributed by atoms with van der Waals surface area (Å²) in [5, 5.41) is 18.0. The topological polar surface area (TPSA) is 128 Å². The van der Waals surface area contributed by atoms with Crippen molar-refractivity contribution in [2.24, 2.45) is 0 Å². The summed E-state index contributed by atoms with van der Waals surface area (Å²) >= 11 is 11.5. The molecule has 0 aliphatic heterocycles. The van der Waals surface area contributed by atoms with Crippen molar-refractivity contribution in [3.05, 3.63) is 127 Å². The Morgan fingerprint density at radius 3 is 1.77 bits per heavy atom. The molecule has 0 fully saturated rings. The normalized spacial score (nSPS) is 12.1. The van der Waals surface area contributed by atoms with E-state index in [1.54, 1.807) is 6.92 Å². The van der Waals surface area contributed by atoms with Crippen LogP contribution >= 0.6 is 23.2 Å². The quantitative estimate of drug-likeness (QED) is 0.0845. The fraction of sp³-hybridized carbons (Fsp3) is 0.179. The number of halogens is 8. The number of benzene rings is 4. The zero-order chi connectivity index (χ0) is 41.1. The number of aliphatic carboxylic acids is 1. The van der Waals surface area contributed by atoms with Crippen LogP contribution in [0.5, 0.6) is 11.5 Å². The van der Waals surface area contributed by atoms with Crippen LogP contribution in [-0.4, -0.2) is 43.1 Å². The highest BCUT2D eigenvalue weighted by atomic mass is 35.5. The van der Waals surface area contributed by atoms with E-state index >= 15 is 13.2 Å². The molecule has 6 rings (SSSR count). The van der Waals surface area contributed by atoms with Crippen molar-refractivity contribution in [2.75, 3.05) is 0 Å². The van der Waals surface area contributed by atoms with Crippen LogP contribution in [0.1, 0.15) is 68.9 Å². The average Bonchev–Trinajstić information content (AvgIpc) is 3.57. The van der Waals surface area contributed by atoms with Crippen molar-refractivity contribution in [3.8, 4) is 11.5 Å². The Bertz CT molecular complexity index is 2690. The van der Waals surface area contributed by atoms with Gasteiger partial charge >= 0.3 is 11.9 Å². The van der Waals surface area contributed by atoms with Crippen molar-refractivity contribution in [1.29, 1.82) is 0 Å². The molecule has 9 nitrogen and oxygen atoms in total. The lowest BCUT2D eigenvalue weighted by Gasteiger charge is -2.18. The number of carbonyl (C=O) groups excluding carboxylic acids is 3. The summed E-state index contributed by atoms with van der Waals surface area (Å²) in [6.45, 7) is 4.07. The molecule has 56 heavy (non-hydrogen) atoms. The van der Waals surface area contributed by atoms with Gasteiger partial charge in [0.05, 0.1) is 33.4 Å². The van der Waals surface area contributed by atoms with Gasteiger partial charge in [-0.15, -0.1) is 0 Å². The molecule has 4 aromatic carbocycles. The lowest BCUT2D eigenvalue weighted by atomic mass is 9.91. The summed E-state index contributed by atoms with van der Waals surface area (Å²) in [6, 6.07) is 7.21. The number of hydrogen-bond acceptors (Lipinski definition) is 6. The Labute approximate surface area is 322 Å². The van der Waals surface area contributed by atoms with Crippen LogP contribution in [0.3, 0.4) is 0 Å². The van der Waals surface area contributed by atoms with Gasteiger partial charge in [-0.25, -0.2) is 26.3 Å². The number of phenols is 1. The highest BCUT2D eigenvalue weighted by molar-refractivity contribution is 6.31. The fourth-order valence-corrected chi connectivity index (χ4v) is 7.06. The second kappa shape index (κ2) is 15.0. The number of carbonyl (C=O) groups is 4. The Balaban J connectivity index is 1.52. The first-order chi connectivity index (χ1) is 26.4. The maximum Gasteiger partial charge on any atom is 0.319 e. The summed E-state index contributed by atoms with van der Waals surface area (Å²) in [6.07, 6.45) is -0.980. The van der Waals surface area contributed by atoms with E-state index in [1.807, 2.05) is 0 Å². The first kappa shape index (κ1) is 39.9. The van der Waals surface area contributed by atoms with Crippen molar-refractivity contribution < 1.29 is 60.5 Å². The molecule has 17 heteroatoms. The van der Waals surface area contributed by atoms with Crippen LogP contribution < -0.4 is 4.74 Å². The van der Waals surface area contributed by atoms with Gasteiger partial charge in [0.15, 0.2) is 29.0 Å². The summed E-state index contributed by atoms with van der Waals surface area (Å²) in [4.78, 5) is 53.3. The zero-order valence-electron chi connectivity index (χ0n) is 29.2. The minimum Gasteiger partial charge on any atom is -0.503 e. The molecule has 0 saturated heterocycles. The minimum absolute atomic E-state index is 0.138. The number of esters is 1. The lowest BCUT2D eigenvalue weighted by Crippen LogP contribution is -2.22. The molecule has 1 atom stereocenters. The molecule has 290 valence electrons. The van der Waals surface area contributed by atoms with Gasteiger partial charge in [-0.3, -0.25) is 28.3 Å². The van der Waals surface area contributed by atoms with Crippen LogP contribution in [0.2, 0.25) is 10.0 Å². The van der Waals surface area contributed by atoms with Crippen molar-refractivity contribution in [3.63, 3.8) is 0 Å². The minimum atomic E-state index is -1.65. The highest BCUT2D eigenvalue weighted by Gasteiger charge is 2.36. The molecule has 0 aliphatic carbocycles. The number of carboxylic acid groups (broad SMARTS) is 1. The number of aromatic nitrogens is 2. The molecule has 0 spiro atoms. The van der Waals surface area contributed by atoms with Crippen LogP contribution in [0.25, 0.3) is 21.8 Å². The average molecular weight is 820 g/mol. The predicted octanol–water partition coefficient (Wildman–Crippen LogP) is 9.55. The van der Waals surface area contributed by atoms with Crippen molar-refractivity contribution in [2.45, 2.75) is 46.0 Å². The predicted molar refractivity (Wildman–Crippen MR) is 192 cm³/mol. The third-order valence-corrected chi connectivity index (χ3v) is 9.97. The second-order valence-electron chi connectivity index (χ2n) is 12.7. The second-order valence-corrected chi connectivity index (χ2v) is 13.6. The molecule has 6 aromatic rings. The van der Waals surface area contributed by atoms with E-state index in [1.165, 1.54) is 13.8 Å². The molecule has 0 saturated carbocycles. The molecule has 2 aromatic heterocycles. The molecule has 0 bridgehead atoms. The van der Waals surface area contributed by atoms with E-state index < -0.39 is 104 Å². The number of carboxylic acids is 1. The maximum atomic E-state index is 16.5. The van der Waals surface area contributed by atoms with E-state index in [0.29, 0.717) is 12.1 Å². The number of hydrogen-bond donors (Lipinski definition) is 2. The lowest BCUT2D eigenvalue weighted by molar-refractivity contribution is -0.137. The van der Waals surface area contributed by atoms with E-state index in [-0.39, 0.29) is 56.5 Å². The molecule has 2 N–H and O–H groups in total. The van der Waals surface area contributed by atoms with Gasteiger partial charge in [0.2, 0.25) is 5.75 Å². The summed E-state index contributed by atoms with van der Waals surface area (Å²) in [5.41, 5.74) is -2.62. The third kappa shape index (κ3) is 6.64. The van der Waals surface area contributed by atoms with Gasteiger partial charge in [0, 0.05) is 45.4 Å². The Hall–Kier alpha value is -5.80. The van der Waals surface area contributed by atoms with Crippen molar-refractivity contribution >= 4 is 68.8 Å². The number of rotatable bonds is 9. The SMILES string of the molecule is CCCC(C(=O)Oc1c(F)cc2c(c1F)c(CC(=O)O)c(C)n2C(=O)c1ccc(Cl)c(F)c1)c1c(C)n(C(=O)c2ccc(Cl)c(F)c2)c2cc(F)c(O)c(F)c12. The molecule has 0 amide bonds. The van der Waals surface area contributed by atoms with E-state index in [9.17, 15) is 42.6 Å². The van der Waals surface area contributed by atoms with Gasteiger partial charge < -0.3 is 14.9 Å². The van der Waals surface area contributed by atoms with Crippen LogP contribution in [0, 0.1) is 48.8 Å². The maximum absolute atomic E-state index is 16.5. The number of phenolic OH excluding ortho intramolecular Hbond substituents is 1. The van der Waals surface area contributed by atoms with E-state index in [4.69, 9.17) is 27.9 Å². The Morgan fingerprint density at radius 1 is 0.732 bits per heavy atom. The van der Waals surface area contributed by atoms with Crippen LogP contribution in [-0.2, 0) is 16.0 Å². The Kier molecular flexibility index (Phi) is 10.7. The summed E-state index contributed by atoms with van der Waals surface area (Å²) < 4.78 is 98.6. The largest absolute Gasteiger partial charge is 0.503 e. The van der Waals surface area contributed by atoms with E-state index in [0.717, 1.165) is 45.5 Å². The summed E-state index contributed by atoms with van der Waals surface area (Å²) in [7, 11) is 0. The number of nitrogens with zero attached hydrogens (tertiary/aromatic N) is 2. The van der Waals surface area contributed by atoms with Crippen LogP contribution in [0.4, 0.5) is 26.3 Å². The molecule has 0 radical (unpaired) electrons. The fourth-order valence-electron chi connectivity index (χ4n) is 6.83. The molecule has 2 heterocycles. The summed E-state index contributed by atoms with van der Waals surface area (Å²) in [5.74, 6) is -17.5.